The van der Waals surface area contributed by atoms with Crippen molar-refractivity contribution in [2.45, 2.75) is 38.5 Å². The summed E-state index contributed by atoms with van der Waals surface area (Å²) in [5.41, 5.74) is 5.56. The van der Waals surface area contributed by atoms with Gasteiger partial charge in [0.1, 0.15) is 5.78 Å². The molecule has 1 heterocycles. The molecule has 0 aliphatic heterocycles. The third-order valence-corrected chi connectivity index (χ3v) is 7.25. The zero-order chi connectivity index (χ0) is 20.0. The molecule has 2 saturated carbocycles. The lowest BCUT2D eigenvalue weighted by atomic mass is 9.97. The lowest BCUT2D eigenvalue weighted by molar-refractivity contribution is -0.119. The van der Waals surface area contributed by atoms with Crippen molar-refractivity contribution >= 4 is 27.6 Å². The van der Waals surface area contributed by atoms with Crippen LogP contribution in [0.1, 0.15) is 42.6 Å². The first-order valence-electron chi connectivity index (χ1n) is 10.3. The van der Waals surface area contributed by atoms with E-state index in [1.54, 1.807) is 12.1 Å². The number of carbonyl (C=O) groups is 1. The molecule has 0 unspecified atom stereocenters. The van der Waals surface area contributed by atoms with E-state index in [1.165, 1.54) is 0 Å². The van der Waals surface area contributed by atoms with Gasteiger partial charge in [0.05, 0.1) is 11.4 Å². The van der Waals surface area contributed by atoms with Crippen LogP contribution >= 0.6 is 0 Å². The molecule has 5 nitrogen and oxygen atoms in total. The Kier molecular flexibility index (Phi) is 4.54. The normalized spacial score (nSPS) is 17.9. The monoisotopic (exact) mass is 408 g/mol. The van der Waals surface area contributed by atoms with Crippen molar-refractivity contribution in [3.8, 4) is 11.1 Å². The molecule has 0 atom stereocenters. The van der Waals surface area contributed by atoms with E-state index in [0.29, 0.717) is 18.0 Å². The molecule has 6 heteroatoms. The van der Waals surface area contributed by atoms with Gasteiger partial charge in [-0.15, -0.1) is 0 Å². The van der Waals surface area contributed by atoms with Crippen LogP contribution in [-0.2, 0) is 27.7 Å². The highest BCUT2D eigenvalue weighted by Crippen LogP contribution is 2.35. The second kappa shape index (κ2) is 7.10. The van der Waals surface area contributed by atoms with Crippen molar-refractivity contribution in [2.75, 3.05) is 10.5 Å². The molecule has 1 N–H and O–H groups in total. The number of allylic oxidation sites excluding steroid dienone is 1. The Bertz CT molecular complexity index is 1100. The first kappa shape index (κ1) is 18.6. The van der Waals surface area contributed by atoms with E-state index in [0.717, 1.165) is 60.2 Å². The lowest BCUT2D eigenvalue weighted by Gasteiger charge is -2.12. The minimum absolute atomic E-state index is 0.204. The smallest absolute Gasteiger partial charge is 0.232 e. The van der Waals surface area contributed by atoms with Gasteiger partial charge in [-0.3, -0.25) is 14.5 Å². The van der Waals surface area contributed by atoms with Gasteiger partial charge >= 0.3 is 0 Å². The third kappa shape index (κ3) is 4.27. The molecular formula is C23H24N2O3S. The van der Waals surface area contributed by atoms with Gasteiger partial charge in [-0.05, 0) is 60.9 Å². The summed E-state index contributed by atoms with van der Waals surface area (Å²) in [4.78, 5) is 17.0. The van der Waals surface area contributed by atoms with E-state index in [1.807, 2.05) is 18.2 Å². The highest BCUT2D eigenvalue weighted by Gasteiger charge is 2.30. The molecule has 0 bridgehead atoms. The average molecular weight is 409 g/mol. The topological polar surface area (TPSA) is 76.1 Å². The zero-order valence-electron chi connectivity index (χ0n) is 16.2. The molecule has 3 aliphatic carbocycles. The van der Waals surface area contributed by atoms with Gasteiger partial charge in [0.25, 0.3) is 0 Å². The molecular weight excluding hydrogens is 384 g/mol. The Balaban J connectivity index is 1.40. The molecule has 2 aromatic rings. The first-order chi connectivity index (χ1) is 14.0. The van der Waals surface area contributed by atoms with Crippen molar-refractivity contribution < 1.29 is 13.2 Å². The van der Waals surface area contributed by atoms with Gasteiger partial charge in [0.15, 0.2) is 0 Å². The Morgan fingerprint density at radius 3 is 2.55 bits per heavy atom. The van der Waals surface area contributed by atoms with Crippen molar-refractivity contribution in [2.24, 2.45) is 11.8 Å². The van der Waals surface area contributed by atoms with Gasteiger partial charge in [-0.1, -0.05) is 24.3 Å². The Morgan fingerprint density at radius 1 is 1.10 bits per heavy atom. The third-order valence-electron chi connectivity index (χ3n) is 5.80. The number of sulfonamides is 1. The molecule has 5 rings (SSSR count). The maximum atomic E-state index is 12.3. The summed E-state index contributed by atoms with van der Waals surface area (Å²) in [5.74, 6) is 1.04. The fourth-order valence-electron chi connectivity index (χ4n) is 3.89. The second-order valence-corrected chi connectivity index (χ2v) is 10.2. The summed E-state index contributed by atoms with van der Waals surface area (Å²) in [7, 11) is -3.29. The van der Waals surface area contributed by atoms with Crippen LogP contribution in [-0.4, -0.2) is 24.9 Å². The molecule has 1 aromatic carbocycles. The van der Waals surface area contributed by atoms with Crippen LogP contribution in [0.3, 0.4) is 0 Å². The number of ketones is 1. The maximum Gasteiger partial charge on any atom is 0.232 e. The average Bonchev–Trinajstić information content (AvgIpc) is 3.60. The number of fused-ring (bicyclic) bond motifs is 1. The number of pyridine rings is 1. The van der Waals surface area contributed by atoms with Crippen LogP contribution in [0.25, 0.3) is 17.2 Å². The summed E-state index contributed by atoms with van der Waals surface area (Å²) in [6.07, 6.45) is 9.38. The Hall–Kier alpha value is -2.47. The molecule has 1 aromatic heterocycles. The van der Waals surface area contributed by atoms with Crippen LogP contribution in [0.2, 0.25) is 0 Å². The van der Waals surface area contributed by atoms with Gasteiger partial charge in [-0.25, -0.2) is 8.42 Å². The van der Waals surface area contributed by atoms with E-state index in [9.17, 15) is 13.2 Å². The van der Waals surface area contributed by atoms with E-state index in [2.05, 4.69) is 16.9 Å². The standard InChI is InChI=1S/C23H24N2O3S/c26-23(17-6-7-17)13-19-12-21(20-2-1-3-22(20)24-19)16-8-10-18(11-9-16)25-29(27,28)14-15-4-5-15/h1-2,8-12,15,17,25H,3-7,13-14H2. The second-order valence-electron chi connectivity index (χ2n) is 8.45. The number of carbonyl (C=O) groups excluding carboxylic acids is 1. The van der Waals surface area contributed by atoms with Crippen LogP contribution in [0.4, 0.5) is 5.69 Å². The fraction of sp³-hybridized carbons (Fsp3) is 0.391. The Morgan fingerprint density at radius 2 is 1.86 bits per heavy atom. The largest absolute Gasteiger partial charge is 0.299 e. The summed E-state index contributed by atoms with van der Waals surface area (Å²) in [5, 5.41) is 0. The molecule has 0 saturated heterocycles. The van der Waals surface area contributed by atoms with Crippen LogP contribution < -0.4 is 4.72 Å². The predicted molar refractivity (Wildman–Crippen MR) is 114 cm³/mol. The number of hydrogen-bond acceptors (Lipinski definition) is 4. The predicted octanol–water partition coefficient (Wildman–Crippen LogP) is 3.99. The minimum atomic E-state index is -3.29. The number of rotatable bonds is 8. The van der Waals surface area contributed by atoms with E-state index in [4.69, 9.17) is 4.98 Å². The lowest BCUT2D eigenvalue weighted by Crippen LogP contribution is -2.17. The van der Waals surface area contributed by atoms with Crippen molar-refractivity contribution in [1.29, 1.82) is 0 Å². The number of aromatic nitrogens is 1. The van der Waals surface area contributed by atoms with Crippen LogP contribution in [0.5, 0.6) is 0 Å². The summed E-state index contributed by atoms with van der Waals surface area (Å²) >= 11 is 0. The van der Waals surface area contributed by atoms with Gasteiger partial charge < -0.3 is 0 Å². The number of anilines is 1. The molecule has 0 amide bonds. The highest BCUT2D eigenvalue weighted by atomic mass is 32.2. The van der Waals surface area contributed by atoms with Gasteiger partial charge in [0, 0.05) is 35.7 Å². The highest BCUT2D eigenvalue weighted by molar-refractivity contribution is 7.92. The number of nitrogens with zero attached hydrogens (tertiary/aromatic N) is 1. The van der Waals surface area contributed by atoms with Crippen LogP contribution in [0.15, 0.2) is 36.4 Å². The summed E-state index contributed by atoms with van der Waals surface area (Å²) in [6.45, 7) is 0. The molecule has 0 spiro atoms. The number of hydrogen-bond donors (Lipinski definition) is 1. The maximum absolute atomic E-state index is 12.3. The number of benzene rings is 1. The quantitative estimate of drug-likeness (QED) is 0.717. The molecule has 3 aliphatic rings. The molecule has 2 fully saturated rings. The summed E-state index contributed by atoms with van der Waals surface area (Å²) in [6, 6.07) is 9.49. The first-order valence-corrected chi connectivity index (χ1v) is 11.9. The van der Waals surface area contributed by atoms with E-state index in [-0.39, 0.29) is 17.5 Å². The SMILES string of the molecule is O=C(Cc1cc(-c2ccc(NS(=O)(=O)CC3CC3)cc2)c2c(n1)CC=C2)C1CC1. The molecule has 0 radical (unpaired) electrons. The van der Waals surface area contributed by atoms with Crippen molar-refractivity contribution in [1.82, 2.24) is 4.98 Å². The molecule has 29 heavy (non-hydrogen) atoms. The summed E-state index contributed by atoms with van der Waals surface area (Å²) < 4.78 is 27.1. The fourth-order valence-corrected chi connectivity index (χ4v) is 5.42. The minimum Gasteiger partial charge on any atom is -0.299 e. The van der Waals surface area contributed by atoms with E-state index < -0.39 is 10.0 Å². The zero-order valence-corrected chi connectivity index (χ0v) is 17.0. The van der Waals surface area contributed by atoms with Crippen molar-refractivity contribution in [3.05, 3.63) is 53.4 Å². The number of Topliss-reactive ketones (excluding diaryl/α,β-unsaturated/α-hetero) is 1. The van der Waals surface area contributed by atoms with Gasteiger partial charge in [0.2, 0.25) is 10.0 Å². The van der Waals surface area contributed by atoms with Crippen molar-refractivity contribution in [3.63, 3.8) is 0 Å². The van der Waals surface area contributed by atoms with Gasteiger partial charge in [-0.2, -0.15) is 0 Å². The van der Waals surface area contributed by atoms with Crippen LogP contribution in [0, 0.1) is 11.8 Å². The number of nitrogens with one attached hydrogen (secondary N) is 1. The Labute approximate surface area is 171 Å². The molecule has 150 valence electrons. The van der Waals surface area contributed by atoms with E-state index >= 15 is 0 Å².